The molecular formula is C18H20N2O2. The molecule has 0 bridgehead atoms. The van der Waals surface area contributed by atoms with Crippen LogP contribution in [0.5, 0.6) is 0 Å². The molecule has 114 valence electrons. The van der Waals surface area contributed by atoms with Gasteiger partial charge in [-0.05, 0) is 43.2 Å². The van der Waals surface area contributed by atoms with Gasteiger partial charge in [0.25, 0.3) is 0 Å². The van der Waals surface area contributed by atoms with E-state index < -0.39 is 0 Å². The Kier molecular flexibility index (Phi) is 4.11. The third-order valence-corrected chi connectivity index (χ3v) is 3.83. The monoisotopic (exact) mass is 296 g/mol. The van der Waals surface area contributed by atoms with Crippen molar-refractivity contribution in [2.75, 3.05) is 13.7 Å². The molecule has 0 radical (unpaired) electrons. The van der Waals surface area contributed by atoms with Crippen LogP contribution in [0, 0.1) is 6.92 Å². The molecule has 1 aromatic heterocycles. The number of nitrogens with zero attached hydrogens (tertiary/aromatic N) is 2. The van der Waals surface area contributed by atoms with Gasteiger partial charge in [0.1, 0.15) is 0 Å². The summed E-state index contributed by atoms with van der Waals surface area (Å²) in [6.07, 6.45) is 0.818. The van der Waals surface area contributed by atoms with Crippen LogP contribution in [0.15, 0.2) is 53.3 Å². The Bertz CT molecular complexity index is 831. The van der Waals surface area contributed by atoms with E-state index in [2.05, 4.69) is 6.07 Å². The van der Waals surface area contributed by atoms with Crippen molar-refractivity contribution in [3.05, 3.63) is 64.6 Å². The van der Waals surface area contributed by atoms with Crippen molar-refractivity contribution in [1.29, 1.82) is 0 Å². The highest BCUT2D eigenvalue weighted by Gasteiger charge is 2.14. The maximum atomic E-state index is 12.9. The summed E-state index contributed by atoms with van der Waals surface area (Å²) in [4.78, 5) is 12.9. The van der Waals surface area contributed by atoms with E-state index >= 15 is 0 Å². The Morgan fingerprint density at radius 1 is 1.05 bits per heavy atom. The van der Waals surface area contributed by atoms with Gasteiger partial charge < -0.3 is 4.74 Å². The lowest BCUT2D eigenvalue weighted by molar-refractivity contribution is 0.190. The zero-order valence-electron chi connectivity index (χ0n) is 13.0. The fourth-order valence-electron chi connectivity index (χ4n) is 2.78. The molecule has 0 amide bonds. The molecule has 0 aliphatic rings. The van der Waals surface area contributed by atoms with Crippen molar-refractivity contribution < 1.29 is 4.74 Å². The summed E-state index contributed by atoms with van der Waals surface area (Å²) in [5, 5.41) is 0. The van der Waals surface area contributed by atoms with Gasteiger partial charge in [0, 0.05) is 20.3 Å². The Labute approximate surface area is 129 Å². The van der Waals surface area contributed by atoms with Crippen LogP contribution in [-0.4, -0.2) is 22.9 Å². The number of aromatic nitrogens is 2. The standard InChI is InChI=1S/C18H20N2O2/c1-14-9-10-16-17(13-14)19(11-6-12-22-2)18(21)20(16)15-7-4-3-5-8-15/h3-5,7-10,13H,6,11-12H2,1-2H3. The molecule has 0 saturated heterocycles. The van der Waals surface area contributed by atoms with Gasteiger partial charge in [-0.25, -0.2) is 4.79 Å². The average Bonchev–Trinajstić information content (AvgIpc) is 2.80. The van der Waals surface area contributed by atoms with Crippen molar-refractivity contribution in [3.8, 4) is 5.69 Å². The van der Waals surface area contributed by atoms with E-state index in [1.807, 2.05) is 54.0 Å². The van der Waals surface area contributed by atoms with Gasteiger partial charge in [0.2, 0.25) is 0 Å². The first-order chi connectivity index (χ1) is 10.7. The summed E-state index contributed by atoms with van der Waals surface area (Å²) in [7, 11) is 1.68. The van der Waals surface area contributed by atoms with Crippen molar-refractivity contribution in [3.63, 3.8) is 0 Å². The molecule has 0 fully saturated rings. The van der Waals surface area contributed by atoms with Crippen LogP contribution in [0.3, 0.4) is 0 Å². The van der Waals surface area contributed by atoms with E-state index in [0.717, 1.165) is 28.7 Å². The van der Waals surface area contributed by atoms with Gasteiger partial charge >= 0.3 is 5.69 Å². The highest BCUT2D eigenvalue weighted by Crippen LogP contribution is 2.19. The molecule has 0 aliphatic heterocycles. The number of methoxy groups -OCH3 is 1. The first kappa shape index (κ1) is 14.6. The molecular weight excluding hydrogens is 276 g/mol. The minimum atomic E-state index is 0.00269. The van der Waals surface area contributed by atoms with Crippen LogP contribution in [0.1, 0.15) is 12.0 Å². The number of ether oxygens (including phenoxy) is 1. The summed E-state index contributed by atoms with van der Waals surface area (Å²) in [5.74, 6) is 0. The van der Waals surface area contributed by atoms with Gasteiger partial charge in [0.05, 0.1) is 16.7 Å². The lowest BCUT2D eigenvalue weighted by Gasteiger charge is -2.03. The molecule has 0 aliphatic carbocycles. The average molecular weight is 296 g/mol. The first-order valence-electron chi connectivity index (χ1n) is 7.48. The Balaban J connectivity index is 2.20. The van der Waals surface area contributed by atoms with Crippen LogP contribution >= 0.6 is 0 Å². The minimum absolute atomic E-state index is 0.00269. The number of imidazole rings is 1. The second-order valence-electron chi connectivity index (χ2n) is 5.44. The van der Waals surface area contributed by atoms with Crippen molar-refractivity contribution in [2.24, 2.45) is 0 Å². The van der Waals surface area contributed by atoms with Gasteiger partial charge in [-0.2, -0.15) is 0 Å². The maximum Gasteiger partial charge on any atom is 0.333 e. The van der Waals surface area contributed by atoms with E-state index in [1.165, 1.54) is 0 Å². The van der Waals surface area contributed by atoms with Crippen molar-refractivity contribution >= 4 is 11.0 Å². The van der Waals surface area contributed by atoms with Crippen LogP contribution in [0.4, 0.5) is 0 Å². The normalized spacial score (nSPS) is 11.2. The van der Waals surface area contributed by atoms with E-state index in [9.17, 15) is 4.79 Å². The minimum Gasteiger partial charge on any atom is -0.385 e. The summed E-state index contributed by atoms with van der Waals surface area (Å²) in [5.41, 5.74) is 3.97. The number of hydrogen-bond donors (Lipinski definition) is 0. The topological polar surface area (TPSA) is 36.2 Å². The van der Waals surface area contributed by atoms with E-state index in [4.69, 9.17) is 4.74 Å². The highest BCUT2D eigenvalue weighted by atomic mass is 16.5. The second kappa shape index (κ2) is 6.20. The van der Waals surface area contributed by atoms with Crippen LogP contribution < -0.4 is 5.69 Å². The fraction of sp³-hybridized carbons (Fsp3) is 0.278. The Hall–Kier alpha value is -2.33. The summed E-state index contributed by atoms with van der Waals surface area (Å²) >= 11 is 0. The first-order valence-corrected chi connectivity index (χ1v) is 7.48. The molecule has 0 saturated carbocycles. The van der Waals surface area contributed by atoms with Crippen LogP contribution in [-0.2, 0) is 11.3 Å². The van der Waals surface area contributed by atoms with Crippen molar-refractivity contribution in [2.45, 2.75) is 19.9 Å². The molecule has 22 heavy (non-hydrogen) atoms. The molecule has 4 heteroatoms. The van der Waals surface area contributed by atoms with Gasteiger partial charge in [0.15, 0.2) is 0 Å². The van der Waals surface area contributed by atoms with Gasteiger partial charge in [-0.1, -0.05) is 24.3 Å². The number of para-hydroxylation sites is 1. The van der Waals surface area contributed by atoms with Crippen molar-refractivity contribution in [1.82, 2.24) is 9.13 Å². The molecule has 0 unspecified atom stereocenters. The third kappa shape index (κ3) is 2.57. The second-order valence-corrected chi connectivity index (χ2v) is 5.44. The lowest BCUT2D eigenvalue weighted by atomic mass is 10.2. The molecule has 0 N–H and O–H groups in total. The SMILES string of the molecule is COCCCn1c(=O)n(-c2ccccc2)c2ccc(C)cc21. The number of aryl methyl sites for hydroxylation is 2. The van der Waals surface area contributed by atoms with Crippen LogP contribution in [0.25, 0.3) is 16.7 Å². The molecule has 2 aromatic carbocycles. The molecule has 3 aromatic rings. The van der Waals surface area contributed by atoms with Gasteiger partial charge in [-0.15, -0.1) is 0 Å². The third-order valence-electron chi connectivity index (χ3n) is 3.83. The maximum absolute atomic E-state index is 12.9. The van der Waals surface area contributed by atoms with Gasteiger partial charge in [-0.3, -0.25) is 9.13 Å². The molecule has 1 heterocycles. The number of rotatable bonds is 5. The fourth-order valence-corrected chi connectivity index (χ4v) is 2.78. The Morgan fingerprint density at radius 2 is 1.82 bits per heavy atom. The van der Waals surface area contributed by atoms with E-state index in [-0.39, 0.29) is 5.69 Å². The summed E-state index contributed by atoms with van der Waals surface area (Å²) < 4.78 is 8.73. The zero-order chi connectivity index (χ0) is 15.5. The molecule has 3 rings (SSSR count). The number of fused-ring (bicyclic) bond motifs is 1. The smallest absolute Gasteiger partial charge is 0.333 e. The number of benzene rings is 2. The molecule has 0 spiro atoms. The lowest BCUT2D eigenvalue weighted by Crippen LogP contribution is -2.23. The molecule has 0 atom stereocenters. The summed E-state index contributed by atoms with van der Waals surface area (Å²) in [6, 6.07) is 15.9. The van der Waals surface area contributed by atoms with E-state index in [1.54, 1.807) is 11.7 Å². The predicted molar refractivity (Wildman–Crippen MR) is 88.8 cm³/mol. The summed E-state index contributed by atoms with van der Waals surface area (Å²) in [6.45, 7) is 3.35. The largest absolute Gasteiger partial charge is 0.385 e. The number of hydrogen-bond acceptors (Lipinski definition) is 2. The Morgan fingerprint density at radius 3 is 2.55 bits per heavy atom. The molecule has 4 nitrogen and oxygen atoms in total. The highest BCUT2D eigenvalue weighted by molar-refractivity contribution is 5.79. The van der Waals surface area contributed by atoms with Crippen LogP contribution in [0.2, 0.25) is 0 Å². The predicted octanol–water partition coefficient (Wildman–Crippen LogP) is 3.14. The van der Waals surface area contributed by atoms with E-state index in [0.29, 0.717) is 13.2 Å². The zero-order valence-corrected chi connectivity index (χ0v) is 13.0. The quantitative estimate of drug-likeness (QED) is 0.678.